The zero-order valence-corrected chi connectivity index (χ0v) is 14.5. The van der Waals surface area contributed by atoms with E-state index in [9.17, 15) is 18.0 Å². The van der Waals surface area contributed by atoms with Crippen LogP contribution in [0.2, 0.25) is 0 Å². The number of ether oxygens (including phenoxy) is 1. The van der Waals surface area contributed by atoms with Crippen LogP contribution in [0.5, 0.6) is 0 Å². The molecule has 1 aromatic heterocycles. The van der Waals surface area contributed by atoms with Gasteiger partial charge in [0.25, 0.3) is 0 Å². The molecule has 0 aromatic carbocycles. The summed E-state index contributed by atoms with van der Waals surface area (Å²) in [5.74, 6) is -0.0350. The molecule has 8 heteroatoms. The Labute approximate surface area is 139 Å². The molecular formula is C16H24F3N3O2. The molecule has 1 fully saturated rings. The number of nitrogens with zero attached hydrogens (tertiary/aromatic N) is 3. The number of piperidine rings is 1. The monoisotopic (exact) mass is 347 g/mol. The molecule has 0 bridgehead atoms. The van der Waals surface area contributed by atoms with Crippen LogP contribution >= 0.6 is 0 Å². The van der Waals surface area contributed by atoms with Crippen molar-refractivity contribution in [3.05, 3.63) is 17.5 Å². The smallest absolute Gasteiger partial charge is 0.410 e. The van der Waals surface area contributed by atoms with Crippen LogP contribution in [0.4, 0.5) is 18.0 Å². The lowest BCUT2D eigenvalue weighted by Crippen LogP contribution is -2.41. The van der Waals surface area contributed by atoms with Crippen LogP contribution in [-0.2, 0) is 11.3 Å². The predicted molar refractivity (Wildman–Crippen MR) is 82.8 cm³/mol. The third-order valence-electron chi connectivity index (χ3n) is 3.83. The van der Waals surface area contributed by atoms with E-state index in [4.69, 9.17) is 4.74 Å². The Balaban J connectivity index is 2.01. The lowest BCUT2D eigenvalue weighted by atomic mass is 9.93. The van der Waals surface area contributed by atoms with Crippen molar-refractivity contribution >= 4 is 6.09 Å². The quantitative estimate of drug-likeness (QED) is 0.816. The van der Waals surface area contributed by atoms with Crippen LogP contribution in [0.15, 0.2) is 6.07 Å². The molecule has 1 saturated heterocycles. The Morgan fingerprint density at radius 2 is 1.88 bits per heavy atom. The highest BCUT2D eigenvalue weighted by molar-refractivity contribution is 5.68. The van der Waals surface area contributed by atoms with E-state index in [0.717, 1.165) is 4.68 Å². The van der Waals surface area contributed by atoms with Gasteiger partial charge in [0, 0.05) is 24.7 Å². The maximum Gasteiger partial charge on any atom is 0.410 e. The SMILES string of the molecule is Cc1cc(C2CCN(C(=O)OC(C)(C)C)CC2)n(CC(F)(F)F)n1. The second-order valence-corrected chi connectivity index (χ2v) is 7.23. The van der Waals surface area contributed by atoms with E-state index in [0.29, 0.717) is 37.3 Å². The largest absolute Gasteiger partial charge is 0.444 e. The summed E-state index contributed by atoms with van der Waals surface area (Å²) in [6.07, 6.45) is -3.48. The van der Waals surface area contributed by atoms with Crippen LogP contribution in [0, 0.1) is 6.92 Å². The minimum atomic E-state index is -4.30. The summed E-state index contributed by atoms with van der Waals surface area (Å²) >= 11 is 0. The molecule has 136 valence electrons. The number of amides is 1. The minimum Gasteiger partial charge on any atom is -0.444 e. The van der Waals surface area contributed by atoms with Gasteiger partial charge >= 0.3 is 12.3 Å². The van der Waals surface area contributed by atoms with Gasteiger partial charge in [-0.15, -0.1) is 0 Å². The second kappa shape index (κ2) is 6.64. The summed E-state index contributed by atoms with van der Waals surface area (Å²) in [6.45, 7) is 6.95. The maximum absolute atomic E-state index is 12.7. The van der Waals surface area contributed by atoms with Crippen molar-refractivity contribution in [2.24, 2.45) is 0 Å². The standard InChI is InChI=1S/C16H24F3N3O2/c1-11-9-13(22(20-11)10-16(17,18)19)12-5-7-21(8-6-12)14(23)24-15(2,3)4/h9,12H,5-8,10H2,1-4H3. The van der Waals surface area contributed by atoms with Crippen LogP contribution in [0.1, 0.15) is 50.9 Å². The van der Waals surface area contributed by atoms with E-state index in [2.05, 4.69) is 5.10 Å². The molecule has 0 spiro atoms. The number of carbonyl (C=O) groups is 1. The topological polar surface area (TPSA) is 47.4 Å². The Hall–Kier alpha value is -1.73. The highest BCUT2D eigenvalue weighted by atomic mass is 19.4. The minimum absolute atomic E-state index is 0.0350. The normalized spacial score (nSPS) is 17.2. The van der Waals surface area contributed by atoms with Crippen LogP contribution in [-0.4, -0.2) is 45.6 Å². The van der Waals surface area contributed by atoms with E-state index < -0.39 is 18.3 Å². The zero-order valence-electron chi connectivity index (χ0n) is 14.5. The number of halogens is 3. The van der Waals surface area contributed by atoms with Crippen molar-refractivity contribution in [3.8, 4) is 0 Å². The lowest BCUT2D eigenvalue weighted by molar-refractivity contribution is -0.143. The second-order valence-electron chi connectivity index (χ2n) is 7.23. The molecule has 1 aliphatic heterocycles. The molecule has 0 unspecified atom stereocenters. The molecule has 0 aliphatic carbocycles. The van der Waals surface area contributed by atoms with Crippen molar-refractivity contribution in [2.75, 3.05) is 13.1 Å². The van der Waals surface area contributed by atoms with Gasteiger partial charge in [-0.2, -0.15) is 18.3 Å². The van der Waals surface area contributed by atoms with E-state index in [1.54, 1.807) is 38.7 Å². The molecule has 0 N–H and O–H groups in total. The van der Waals surface area contributed by atoms with Gasteiger partial charge in [0.05, 0.1) is 5.69 Å². The van der Waals surface area contributed by atoms with Crippen molar-refractivity contribution in [3.63, 3.8) is 0 Å². The van der Waals surface area contributed by atoms with Gasteiger partial charge in [0.2, 0.25) is 0 Å². The van der Waals surface area contributed by atoms with Crippen molar-refractivity contribution in [1.29, 1.82) is 0 Å². The average Bonchev–Trinajstić information content (AvgIpc) is 2.75. The molecular weight excluding hydrogens is 323 g/mol. The number of hydrogen-bond acceptors (Lipinski definition) is 3. The van der Waals surface area contributed by atoms with Gasteiger partial charge in [-0.3, -0.25) is 4.68 Å². The van der Waals surface area contributed by atoms with Crippen molar-refractivity contribution in [1.82, 2.24) is 14.7 Å². The number of likely N-dealkylation sites (tertiary alicyclic amines) is 1. The predicted octanol–water partition coefficient (Wildman–Crippen LogP) is 3.87. The summed E-state index contributed by atoms with van der Waals surface area (Å²) in [4.78, 5) is 13.7. The Morgan fingerprint density at radius 3 is 2.38 bits per heavy atom. The van der Waals surface area contributed by atoms with Gasteiger partial charge in [-0.1, -0.05) is 0 Å². The lowest BCUT2D eigenvalue weighted by Gasteiger charge is -2.33. The number of rotatable bonds is 2. The fourth-order valence-electron chi connectivity index (χ4n) is 2.87. The molecule has 2 rings (SSSR count). The molecule has 1 amide bonds. The van der Waals surface area contributed by atoms with E-state index in [1.807, 2.05) is 0 Å². The first-order valence-corrected chi connectivity index (χ1v) is 8.03. The third-order valence-corrected chi connectivity index (χ3v) is 3.83. The molecule has 2 heterocycles. The van der Waals surface area contributed by atoms with E-state index in [1.165, 1.54) is 0 Å². The van der Waals surface area contributed by atoms with Crippen molar-refractivity contribution in [2.45, 2.75) is 64.8 Å². The summed E-state index contributed by atoms with van der Waals surface area (Å²) in [6, 6.07) is 1.71. The molecule has 0 radical (unpaired) electrons. The zero-order chi connectivity index (χ0) is 18.1. The Kier molecular flexibility index (Phi) is 5.15. The third kappa shape index (κ3) is 5.14. The van der Waals surface area contributed by atoms with E-state index in [-0.39, 0.29) is 12.0 Å². The number of hydrogen-bond donors (Lipinski definition) is 0. The fourth-order valence-corrected chi connectivity index (χ4v) is 2.87. The first-order chi connectivity index (χ1) is 10.9. The molecule has 0 atom stereocenters. The van der Waals surface area contributed by atoms with E-state index >= 15 is 0 Å². The van der Waals surface area contributed by atoms with Gasteiger partial charge in [0.15, 0.2) is 0 Å². The van der Waals surface area contributed by atoms with Gasteiger partial charge in [-0.25, -0.2) is 4.79 Å². The Bertz CT molecular complexity index is 582. The van der Waals surface area contributed by atoms with Crippen molar-refractivity contribution < 1.29 is 22.7 Å². The molecule has 1 aromatic rings. The first kappa shape index (κ1) is 18.6. The Morgan fingerprint density at radius 1 is 1.29 bits per heavy atom. The molecule has 1 aliphatic rings. The van der Waals surface area contributed by atoms with Crippen LogP contribution in [0.3, 0.4) is 0 Å². The molecule has 24 heavy (non-hydrogen) atoms. The highest BCUT2D eigenvalue weighted by Crippen LogP contribution is 2.30. The van der Waals surface area contributed by atoms with Gasteiger partial charge in [0.1, 0.15) is 12.1 Å². The van der Waals surface area contributed by atoms with Crippen LogP contribution < -0.4 is 0 Å². The summed E-state index contributed by atoms with van der Waals surface area (Å²) in [7, 11) is 0. The fraction of sp³-hybridized carbons (Fsp3) is 0.750. The number of carbonyl (C=O) groups excluding carboxylic acids is 1. The first-order valence-electron chi connectivity index (χ1n) is 8.03. The average molecular weight is 347 g/mol. The van der Waals surface area contributed by atoms with Crippen LogP contribution in [0.25, 0.3) is 0 Å². The summed E-state index contributed by atoms with van der Waals surface area (Å²) in [5, 5.41) is 3.97. The summed E-state index contributed by atoms with van der Waals surface area (Å²) < 4.78 is 44.5. The van der Waals surface area contributed by atoms with Gasteiger partial charge in [-0.05, 0) is 46.6 Å². The number of aryl methyl sites for hydroxylation is 1. The molecule has 0 saturated carbocycles. The summed E-state index contributed by atoms with van der Waals surface area (Å²) in [5.41, 5.74) is 0.605. The maximum atomic E-state index is 12.7. The van der Waals surface area contributed by atoms with Gasteiger partial charge < -0.3 is 9.64 Å². The highest BCUT2D eigenvalue weighted by Gasteiger charge is 2.33. The molecule has 5 nitrogen and oxygen atoms in total. The number of aromatic nitrogens is 2. The number of alkyl halides is 3.